The average molecular weight is 321 g/mol. The van der Waals surface area contributed by atoms with Crippen molar-refractivity contribution < 1.29 is 4.92 Å². The van der Waals surface area contributed by atoms with Crippen LogP contribution in [0.4, 0.5) is 11.4 Å². The van der Waals surface area contributed by atoms with E-state index in [9.17, 15) is 10.1 Å². The summed E-state index contributed by atoms with van der Waals surface area (Å²) in [5, 5.41) is 14.1. The molecular formula is C14H13BrN2O2. The Balaban J connectivity index is 2.20. The standard InChI is InChI=1S/C14H13BrN2O2/c1-10(11-5-3-2-4-6-11)16-12-7-8-13(15)14(9-12)17(18)19/h2-10,16H,1H3. The highest BCUT2D eigenvalue weighted by Crippen LogP contribution is 2.29. The number of halogens is 1. The minimum Gasteiger partial charge on any atom is -0.378 e. The van der Waals surface area contributed by atoms with Crippen molar-refractivity contribution in [3.05, 3.63) is 68.7 Å². The van der Waals surface area contributed by atoms with E-state index >= 15 is 0 Å². The molecular weight excluding hydrogens is 308 g/mol. The van der Waals surface area contributed by atoms with Gasteiger partial charge in [0.25, 0.3) is 5.69 Å². The first-order valence-corrected chi connectivity index (χ1v) is 6.62. The van der Waals surface area contributed by atoms with Crippen LogP contribution in [-0.4, -0.2) is 4.92 Å². The fourth-order valence-corrected chi connectivity index (χ4v) is 2.21. The number of nitrogens with zero attached hydrogens (tertiary/aromatic N) is 1. The van der Waals surface area contributed by atoms with Crippen molar-refractivity contribution in [2.45, 2.75) is 13.0 Å². The van der Waals surface area contributed by atoms with Crippen LogP contribution in [0.2, 0.25) is 0 Å². The molecule has 0 fully saturated rings. The smallest absolute Gasteiger partial charge is 0.285 e. The molecule has 0 saturated heterocycles. The van der Waals surface area contributed by atoms with Crippen LogP contribution in [0.3, 0.4) is 0 Å². The van der Waals surface area contributed by atoms with E-state index in [1.54, 1.807) is 6.07 Å². The summed E-state index contributed by atoms with van der Waals surface area (Å²) < 4.78 is 0.482. The zero-order chi connectivity index (χ0) is 13.8. The number of anilines is 1. The lowest BCUT2D eigenvalue weighted by Gasteiger charge is -2.15. The third-order valence-electron chi connectivity index (χ3n) is 2.83. The highest BCUT2D eigenvalue weighted by Gasteiger charge is 2.13. The van der Waals surface area contributed by atoms with Crippen LogP contribution in [0.25, 0.3) is 0 Å². The minimum absolute atomic E-state index is 0.0604. The maximum absolute atomic E-state index is 10.9. The van der Waals surface area contributed by atoms with Gasteiger partial charge in [-0.2, -0.15) is 0 Å². The lowest BCUT2D eigenvalue weighted by molar-refractivity contribution is -0.385. The Kier molecular flexibility index (Phi) is 4.16. The van der Waals surface area contributed by atoms with E-state index in [1.165, 1.54) is 6.07 Å². The quantitative estimate of drug-likeness (QED) is 0.665. The molecule has 0 aliphatic carbocycles. The van der Waals surface area contributed by atoms with E-state index in [-0.39, 0.29) is 11.7 Å². The van der Waals surface area contributed by atoms with Gasteiger partial charge in [-0.25, -0.2) is 0 Å². The Morgan fingerprint density at radius 3 is 2.53 bits per heavy atom. The zero-order valence-corrected chi connectivity index (χ0v) is 11.9. The molecule has 5 heteroatoms. The molecule has 1 atom stereocenters. The molecule has 19 heavy (non-hydrogen) atoms. The van der Waals surface area contributed by atoms with Crippen molar-refractivity contribution in [1.82, 2.24) is 0 Å². The van der Waals surface area contributed by atoms with Gasteiger partial charge >= 0.3 is 0 Å². The fraction of sp³-hybridized carbons (Fsp3) is 0.143. The predicted molar refractivity (Wildman–Crippen MR) is 79.3 cm³/mol. The van der Waals surface area contributed by atoms with Crippen molar-refractivity contribution in [3.63, 3.8) is 0 Å². The summed E-state index contributed by atoms with van der Waals surface area (Å²) >= 11 is 3.17. The third-order valence-corrected chi connectivity index (χ3v) is 3.50. The average Bonchev–Trinajstić information content (AvgIpc) is 2.41. The number of nitro benzene ring substituents is 1. The molecule has 2 aromatic rings. The molecule has 4 nitrogen and oxygen atoms in total. The van der Waals surface area contributed by atoms with Crippen LogP contribution in [0.1, 0.15) is 18.5 Å². The molecule has 1 unspecified atom stereocenters. The first kappa shape index (κ1) is 13.5. The summed E-state index contributed by atoms with van der Waals surface area (Å²) in [6, 6.07) is 15.0. The van der Waals surface area contributed by atoms with E-state index in [1.807, 2.05) is 43.3 Å². The summed E-state index contributed by atoms with van der Waals surface area (Å²) in [5.74, 6) is 0. The summed E-state index contributed by atoms with van der Waals surface area (Å²) in [6.07, 6.45) is 0. The molecule has 2 rings (SSSR count). The van der Waals surface area contributed by atoms with Crippen LogP contribution in [0, 0.1) is 10.1 Å². The molecule has 1 N–H and O–H groups in total. The number of nitrogens with one attached hydrogen (secondary N) is 1. The molecule has 0 bridgehead atoms. The van der Waals surface area contributed by atoms with Gasteiger partial charge in [-0.05, 0) is 40.5 Å². The first-order chi connectivity index (χ1) is 9.08. The largest absolute Gasteiger partial charge is 0.378 e. The van der Waals surface area contributed by atoms with Crippen LogP contribution < -0.4 is 5.32 Å². The Morgan fingerprint density at radius 2 is 1.89 bits per heavy atom. The highest BCUT2D eigenvalue weighted by molar-refractivity contribution is 9.10. The monoisotopic (exact) mass is 320 g/mol. The second-order valence-corrected chi connectivity index (χ2v) is 5.05. The van der Waals surface area contributed by atoms with E-state index in [0.29, 0.717) is 4.47 Å². The van der Waals surface area contributed by atoms with Gasteiger partial charge in [-0.3, -0.25) is 10.1 Å². The minimum atomic E-state index is -0.400. The summed E-state index contributed by atoms with van der Waals surface area (Å²) in [7, 11) is 0. The van der Waals surface area contributed by atoms with E-state index in [2.05, 4.69) is 21.2 Å². The van der Waals surface area contributed by atoms with Crippen LogP contribution in [-0.2, 0) is 0 Å². The van der Waals surface area contributed by atoms with Gasteiger partial charge in [0.15, 0.2) is 0 Å². The number of nitro groups is 1. The summed E-state index contributed by atoms with van der Waals surface area (Å²) in [4.78, 5) is 10.5. The SMILES string of the molecule is CC(Nc1ccc(Br)c([N+](=O)[O-])c1)c1ccccc1. The van der Waals surface area contributed by atoms with Crippen molar-refractivity contribution in [2.75, 3.05) is 5.32 Å². The van der Waals surface area contributed by atoms with Gasteiger partial charge in [-0.1, -0.05) is 30.3 Å². The maximum Gasteiger partial charge on any atom is 0.285 e. The van der Waals surface area contributed by atoms with Gasteiger partial charge < -0.3 is 5.32 Å². The second kappa shape index (κ2) is 5.84. The Morgan fingerprint density at radius 1 is 1.21 bits per heavy atom. The van der Waals surface area contributed by atoms with Gasteiger partial charge in [-0.15, -0.1) is 0 Å². The van der Waals surface area contributed by atoms with Gasteiger partial charge in [0, 0.05) is 17.8 Å². The third kappa shape index (κ3) is 3.32. The lowest BCUT2D eigenvalue weighted by atomic mass is 10.1. The van der Waals surface area contributed by atoms with E-state index < -0.39 is 4.92 Å². The molecule has 0 heterocycles. The van der Waals surface area contributed by atoms with Gasteiger partial charge in [0.1, 0.15) is 0 Å². The zero-order valence-electron chi connectivity index (χ0n) is 10.3. The molecule has 0 saturated carbocycles. The van der Waals surface area contributed by atoms with E-state index in [0.717, 1.165) is 11.3 Å². The van der Waals surface area contributed by atoms with Crippen LogP contribution >= 0.6 is 15.9 Å². The molecule has 0 spiro atoms. The molecule has 0 aliphatic heterocycles. The van der Waals surface area contributed by atoms with Crippen molar-refractivity contribution >= 4 is 27.3 Å². The summed E-state index contributed by atoms with van der Waals surface area (Å²) in [5.41, 5.74) is 1.92. The highest BCUT2D eigenvalue weighted by atomic mass is 79.9. The van der Waals surface area contributed by atoms with Crippen molar-refractivity contribution in [2.24, 2.45) is 0 Å². The molecule has 2 aromatic carbocycles. The molecule has 98 valence electrons. The number of rotatable bonds is 4. The second-order valence-electron chi connectivity index (χ2n) is 4.20. The Bertz CT molecular complexity index is 587. The Labute approximate surface area is 119 Å². The van der Waals surface area contributed by atoms with Crippen LogP contribution in [0.15, 0.2) is 53.0 Å². The number of hydrogen-bond donors (Lipinski definition) is 1. The number of benzene rings is 2. The summed E-state index contributed by atoms with van der Waals surface area (Å²) in [6.45, 7) is 2.02. The first-order valence-electron chi connectivity index (χ1n) is 5.83. The van der Waals surface area contributed by atoms with Crippen LogP contribution in [0.5, 0.6) is 0 Å². The van der Waals surface area contributed by atoms with Crippen molar-refractivity contribution in [3.8, 4) is 0 Å². The molecule has 0 aliphatic rings. The molecule has 0 radical (unpaired) electrons. The Hall–Kier alpha value is -1.88. The number of hydrogen-bond acceptors (Lipinski definition) is 3. The predicted octanol–water partition coefficient (Wildman–Crippen LogP) is 4.53. The van der Waals surface area contributed by atoms with E-state index in [4.69, 9.17) is 0 Å². The lowest BCUT2D eigenvalue weighted by Crippen LogP contribution is -2.06. The molecule has 0 aromatic heterocycles. The van der Waals surface area contributed by atoms with Crippen molar-refractivity contribution in [1.29, 1.82) is 0 Å². The van der Waals surface area contributed by atoms with Gasteiger partial charge in [0.2, 0.25) is 0 Å². The maximum atomic E-state index is 10.9. The normalized spacial score (nSPS) is 11.9. The molecule has 0 amide bonds. The fourth-order valence-electron chi connectivity index (χ4n) is 1.82. The van der Waals surface area contributed by atoms with Gasteiger partial charge in [0.05, 0.1) is 9.40 Å². The topological polar surface area (TPSA) is 55.2 Å².